The number of nitrogens with zero attached hydrogens (tertiary/aromatic N) is 4. The molecule has 8 heteroatoms. The zero-order valence-corrected chi connectivity index (χ0v) is 11.8. The van der Waals surface area contributed by atoms with Crippen LogP contribution in [0.2, 0.25) is 0 Å². The molecule has 3 N–H and O–H groups in total. The van der Waals surface area contributed by atoms with Gasteiger partial charge in [0, 0.05) is 25.8 Å². The average Bonchev–Trinajstić information content (AvgIpc) is 2.46. The fourth-order valence-electron chi connectivity index (χ4n) is 1.89. The predicted octanol–water partition coefficient (Wildman–Crippen LogP) is 1.03. The van der Waals surface area contributed by atoms with Crippen LogP contribution in [0.5, 0.6) is 11.5 Å². The van der Waals surface area contributed by atoms with Crippen LogP contribution >= 0.6 is 0 Å². The Morgan fingerprint density at radius 1 is 1.10 bits per heavy atom. The lowest BCUT2D eigenvalue weighted by Gasteiger charge is -2.19. The second-order valence-corrected chi connectivity index (χ2v) is 4.70. The minimum atomic E-state index is 0.161. The first-order valence-corrected chi connectivity index (χ1v) is 6.47. The van der Waals surface area contributed by atoms with Crippen LogP contribution in [-0.2, 0) is 0 Å². The monoisotopic (exact) mass is 288 g/mol. The van der Waals surface area contributed by atoms with Gasteiger partial charge in [0.1, 0.15) is 13.2 Å². The van der Waals surface area contributed by atoms with Gasteiger partial charge in [-0.05, 0) is 12.1 Å². The fourth-order valence-corrected chi connectivity index (χ4v) is 1.89. The van der Waals surface area contributed by atoms with Crippen LogP contribution in [0.3, 0.4) is 0 Å². The van der Waals surface area contributed by atoms with Crippen molar-refractivity contribution >= 4 is 23.5 Å². The molecule has 8 nitrogen and oxygen atoms in total. The average molecular weight is 288 g/mol. The van der Waals surface area contributed by atoms with Crippen molar-refractivity contribution in [2.75, 3.05) is 43.3 Å². The van der Waals surface area contributed by atoms with E-state index in [2.05, 4.69) is 20.3 Å². The number of anilines is 4. The summed E-state index contributed by atoms with van der Waals surface area (Å²) < 4.78 is 11.0. The van der Waals surface area contributed by atoms with Crippen LogP contribution in [0, 0.1) is 0 Å². The Hall–Kier alpha value is -2.77. The van der Waals surface area contributed by atoms with Gasteiger partial charge in [-0.2, -0.15) is 15.0 Å². The van der Waals surface area contributed by atoms with Crippen LogP contribution in [0.25, 0.3) is 0 Å². The Morgan fingerprint density at radius 2 is 1.86 bits per heavy atom. The summed E-state index contributed by atoms with van der Waals surface area (Å²) in [7, 11) is 3.67. The molecule has 1 aliphatic heterocycles. The molecule has 3 rings (SSSR count). The van der Waals surface area contributed by atoms with E-state index < -0.39 is 0 Å². The standard InChI is InChI=1S/C13H16N6O2/c1-19(2)13-17-11(14)16-12(18-13)15-8-3-4-9-10(7-8)21-6-5-20-9/h3-4,7H,5-6H2,1-2H3,(H3,14,15,16,17,18). The second-order valence-electron chi connectivity index (χ2n) is 4.70. The van der Waals surface area contributed by atoms with Crippen molar-refractivity contribution in [1.82, 2.24) is 15.0 Å². The van der Waals surface area contributed by atoms with Gasteiger partial charge in [-0.1, -0.05) is 0 Å². The summed E-state index contributed by atoms with van der Waals surface area (Å²) in [5.41, 5.74) is 6.47. The molecule has 0 fully saturated rings. The first-order chi connectivity index (χ1) is 10.1. The van der Waals surface area contributed by atoms with Crippen molar-refractivity contribution < 1.29 is 9.47 Å². The third kappa shape index (κ3) is 2.88. The highest BCUT2D eigenvalue weighted by Crippen LogP contribution is 2.33. The smallest absolute Gasteiger partial charge is 0.233 e. The summed E-state index contributed by atoms with van der Waals surface area (Å²) in [6, 6.07) is 5.54. The van der Waals surface area contributed by atoms with Crippen LogP contribution in [0.1, 0.15) is 0 Å². The van der Waals surface area contributed by atoms with Gasteiger partial charge in [-0.15, -0.1) is 0 Å². The molecule has 0 aliphatic carbocycles. The van der Waals surface area contributed by atoms with E-state index in [1.807, 2.05) is 32.3 Å². The predicted molar refractivity (Wildman–Crippen MR) is 79.3 cm³/mol. The largest absolute Gasteiger partial charge is 0.486 e. The summed E-state index contributed by atoms with van der Waals surface area (Å²) in [6.45, 7) is 1.11. The van der Waals surface area contributed by atoms with Crippen molar-refractivity contribution in [2.45, 2.75) is 0 Å². The van der Waals surface area contributed by atoms with E-state index in [-0.39, 0.29) is 5.95 Å². The lowest BCUT2D eigenvalue weighted by molar-refractivity contribution is 0.171. The Kier molecular flexibility index (Phi) is 3.35. The number of hydrogen-bond donors (Lipinski definition) is 2. The number of nitrogen functional groups attached to an aromatic ring is 1. The van der Waals surface area contributed by atoms with E-state index in [1.54, 1.807) is 4.90 Å². The minimum absolute atomic E-state index is 0.161. The molecular weight excluding hydrogens is 272 g/mol. The van der Waals surface area contributed by atoms with Gasteiger partial charge < -0.3 is 25.4 Å². The fraction of sp³-hybridized carbons (Fsp3) is 0.308. The molecule has 0 radical (unpaired) electrons. The molecule has 2 aromatic rings. The molecule has 0 saturated heterocycles. The van der Waals surface area contributed by atoms with Gasteiger partial charge in [-0.25, -0.2) is 0 Å². The Labute approximate surface area is 121 Å². The van der Waals surface area contributed by atoms with Crippen LogP contribution in [0.4, 0.5) is 23.5 Å². The molecule has 110 valence electrons. The molecule has 0 unspecified atom stereocenters. The first-order valence-electron chi connectivity index (χ1n) is 6.47. The highest BCUT2D eigenvalue weighted by Gasteiger charge is 2.13. The maximum atomic E-state index is 5.69. The quantitative estimate of drug-likeness (QED) is 0.864. The van der Waals surface area contributed by atoms with Gasteiger partial charge >= 0.3 is 0 Å². The highest BCUT2D eigenvalue weighted by molar-refractivity contribution is 5.61. The molecule has 0 amide bonds. The van der Waals surface area contributed by atoms with Gasteiger partial charge in [-0.3, -0.25) is 0 Å². The number of aromatic nitrogens is 3. The molecule has 1 aliphatic rings. The number of fused-ring (bicyclic) bond motifs is 1. The first kappa shape index (κ1) is 13.2. The lowest BCUT2D eigenvalue weighted by Crippen LogP contribution is -2.16. The highest BCUT2D eigenvalue weighted by atomic mass is 16.6. The van der Waals surface area contributed by atoms with Crippen LogP contribution < -0.4 is 25.4 Å². The normalized spacial score (nSPS) is 12.9. The third-order valence-electron chi connectivity index (χ3n) is 2.84. The van der Waals surface area contributed by atoms with Crippen LogP contribution in [-0.4, -0.2) is 42.3 Å². The lowest BCUT2D eigenvalue weighted by atomic mass is 10.2. The van der Waals surface area contributed by atoms with E-state index in [0.717, 1.165) is 11.4 Å². The number of hydrogen-bond acceptors (Lipinski definition) is 8. The maximum absolute atomic E-state index is 5.69. The van der Waals surface area contributed by atoms with E-state index in [9.17, 15) is 0 Å². The summed E-state index contributed by atoms with van der Waals surface area (Å²) in [4.78, 5) is 14.1. The summed E-state index contributed by atoms with van der Waals surface area (Å²) >= 11 is 0. The molecule has 21 heavy (non-hydrogen) atoms. The van der Waals surface area contributed by atoms with Crippen molar-refractivity contribution in [3.8, 4) is 11.5 Å². The summed E-state index contributed by atoms with van der Waals surface area (Å²) in [5, 5.41) is 3.09. The summed E-state index contributed by atoms with van der Waals surface area (Å²) in [5.74, 6) is 2.45. The van der Waals surface area contributed by atoms with E-state index in [0.29, 0.717) is 30.9 Å². The SMILES string of the molecule is CN(C)c1nc(N)nc(Nc2ccc3c(c2)OCCO3)n1. The molecule has 2 heterocycles. The van der Waals surface area contributed by atoms with E-state index in [1.165, 1.54) is 0 Å². The number of benzene rings is 1. The number of nitrogens with one attached hydrogen (secondary N) is 1. The number of rotatable bonds is 3. The molecule has 1 aromatic carbocycles. The third-order valence-corrected chi connectivity index (χ3v) is 2.84. The zero-order chi connectivity index (χ0) is 14.8. The number of nitrogens with two attached hydrogens (primary N) is 1. The summed E-state index contributed by atoms with van der Waals surface area (Å²) in [6.07, 6.45) is 0. The maximum Gasteiger partial charge on any atom is 0.233 e. The zero-order valence-electron chi connectivity index (χ0n) is 11.8. The molecule has 0 saturated carbocycles. The second kappa shape index (κ2) is 5.31. The topological polar surface area (TPSA) is 98.4 Å². The Bertz CT molecular complexity index is 661. The number of ether oxygens (including phenoxy) is 2. The van der Waals surface area contributed by atoms with Gasteiger partial charge in [0.05, 0.1) is 0 Å². The van der Waals surface area contributed by atoms with Gasteiger partial charge in [0.2, 0.25) is 17.8 Å². The minimum Gasteiger partial charge on any atom is -0.486 e. The molecule has 0 bridgehead atoms. The molecule has 0 atom stereocenters. The molecule has 1 aromatic heterocycles. The van der Waals surface area contributed by atoms with E-state index >= 15 is 0 Å². The van der Waals surface area contributed by atoms with Crippen molar-refractivity contribution in [1.29, 1.82) is 0 Å². The van der Waals surface area contributed by atoms with Crippen LogP contribution in [0.15, 0.2) is 18.2 Å². The van der Waals surface area contributed by atoms with Gasteiger partial charge in [0.25, 0.3) is 0 Å². The Balaban J connectivity index is 1.86. The van der Waals surface area contributed by atoms with Crippen molar-refractivity contribution in [3.63, 3.8) is 0 Å². The van der Waals surface area contributed by atoms with Crippen molar-refractivity contribution in [2.24, 2.45) is 0 Å². The molecular formula is C13H16N6O2. The molecule has 0 spiro atoms. The van der Waals surface area contributed by atoms with Gasteiger partial charge in [0.15, 0.2) is 11.5 Å². The Morgan fingerprint density at radius 3 is 2.62 bits per heavy atom. The van der Waals surface area contributed by atoms with E-state index in [4.69, 9.17) is 15.2 Å². The van der Waals surface area contributed by atoms with Crippen molar-refractivity contribution in [3.05, 3.63) is 18.2 Å².